The summed E-state index contributed by atoms with van der Waals surface area (Å²) in [5.74, 6) is -4.07. The van der Waals surface area contributed by atoms with E-state index in [-0.39, 0.29) is 112 Å². The lowest BCUT2D eigenvalue weighted by atomic mass is 10.1. The number of hydrogen-bond donors (Lipinski definition) is 4. The molecule has 0 spiro atoms. The van der Waals surface area contributed by atoms with Gasteiger partial charge in [-0.2, -0.15) is 35.0 Å². The molecular weight excluding hydrogens is 823 g/mol. The van der Waals surface area contributed by atoms with Crippen LogP contribution in [-0.4, -0.2) is 151 Å². The number of ether oxygens (including phenoxy) is 4. The highest BCUT2D eigenvalue weighted by Gasteiger charge is 2.39. The zero-order valence-electron chi connectivity index (χ0n) is 30.3. The maximum atomic E-state index is 12.6. The Morgan fingerprint density at radius 1 is 0.596 bits per heavy atom. The quantitative estimate of drug-likeness (QED) is 0.126. The molecule has 0 aliphatic carbocycles. The summed E-state index contributed by atoms with van der Waals surface area (Å²) in [7, 11) is -7.30. The largest absolute Gasteiger partial charge is 0.508 e. The van der Waals surface area contributed by atoms with E-state index in [2.05, 4.69) is 0 Å². The van der Waals surface area contributed by atoms with Gasteiger partial charge in [0.05, 0.1) is 61.6 Å². The number of nitrogens with zero attached hydrogens (tertiary/aromatic N) is 2. The minimum Gasteiger partial charge on any atom is -0.508 e. The van der Waals surface area contributed by atoms with Crippen LogP contribution in [0.1, 0.15) is 19.3 Å². The topological polar surface area (TPSA) is 210 Å². The molecule has 2 heterocycles. The SMILES string of the molecule is O=C(NCCOCCOC1CCN(S(=O)(=O)c2ccc(O)cc2)CC1)C(F)(F)F.O=C(NCCOCCO[C@H]1CCN(S(=O)(=O)c2ccc(O)cc2)C1)C(F)(F)F. The summed E-state index contributed by atoms with van der Waals surface area (Å²) in [4.78, 5) is 21.4. The maximum absolute atomic E-state index is 12.6. The molecule has 0 aromatic heterocycles. The first kappa shape index (κ1) is 47.6. The summed E-state index contributed by atoms with van der Waals surface area (Å²) in [6.07, 6.45) is -8.79. The molecule has 0 unspecified atom stereocenters. The maximum Gasteiger partial charge on any atom is 0.471 e. The van der Waals surface area contributed by atoms with Crippen molar-refractivity contribution < 1.29 is 81.9 Å². The number of nitrogens with one attached hydrogen (secondary N) is 2. The van der Waals surface area contributed by atoms with Crippen LogP contribution in [0.5, 0.6) is 11.5 Å². The number of alkyl halides is 6. The average molecular weight is 867 g/mol. The van der Waals surface area contributed by atoms with Gasteiger partial charge in [0.15, 0.2) is 0 Å². The van der Waals surface area contributed by atoms with E-state index in [0.717, 1.165) is 0 Å². The van der Waals surface area contributed by atoms with Crippen molar-refractivity contribution in [1.29, 1.82) is 0 Å². The lowest BCUT2D eigenvalue weighted by Crippen LogP contribution is -2.41. The average Bonchev–Trinajstić information content (AvgIpc) is 3.64. The third-order valence-electron chi connectivity index (χ3n) is 8.20. The number of halogens is 6. The highest BCUT2D eigenvalue weighted by Crippen LogP contribution is 2.25. The predicted octanol–water partition coefficient (Wildman–Crippen LogP) is 2.12. The van der Waals surface area contributed by atoms with Gasteiger partial charge in [-0.05, 0) is 67.8 Å². The van der Waals surface area contributed by atoms with Gasteiger partial charge in [0.25, 0.3) is 0 Å². The van der Waals surface area contributed by atoms with Crippen molar-refractivity contribution in [2.45, 2.75) is 53.6 Å². The van der Waals surface area contributed by atoms with Crippen molar-refractivity contribution in [3.05, 3.63) is 48.5 Å². The molecule has 24 heteroatoms. The van der Waals surface area contributed by atoms with Gasteiger partial charge in [-0.15, -0.1) is 0 Å². The zero-order valence-corrected chi connectivity index (χ0v) is 32.0. The van der Waals surface area contributed by atoms with Gasteiger partial charge in [0, 0.05) is 39.3 Å². The molecule has 2 amide bonds. The number of benzene rings is 2. The van der Waals surface area contributed by atoms with E-state index in [4.69, 9.17) is 18.9 Å². The van der Waals surface area contributed by atoms with Gasteiger partial charge in [0.2, 0.25) is 20.0 Å². The number of aromatic hydroxyl groups is 2. The molecule has 0 saturated carbocycles. The van der Waals surface area contributed by atoms with Gasteiger partial charge in [-0.25, -0.2) is 16.8 Å². The summed E-state index contributed by atoms with van der Waals surface area (Å²) >= 11 is 0. The lowest BCUT2D eigenvalue weighted by molar-refractivity contribution is -0.173. The van der Waals surface area contributed by atoms with Crippen molar-refractivity contribution in [3.63, 3.8) is 0 Å². The smallest absolute Gasteiger partial charge is 0.471 e. The van der Waals surface area contributed by atoms with Crippen LogP contribution in [0, 0.1) is 0 Å². The highest BCUT2D eigenvalue weighted by atomic mass is 32.2. The molecule has 322 valence electrons. The fourth-order valence-electron chi connectivity index (χ4n) is 5.25. The third kappa shape index (κ3) is 15.8. The second-order valence-electron chi connectivity index (χ2n) is 12.3. The van der Waals surface area contributed by atoms with E-state index in [1.807, 2.05) is 0 Å². The van der Waals surface area contributed by atoms with E-state index in [0.29, 0.717) is 19.3 Å². The van der Waals surface area contributed by atoms with Crippen LogP contribution in [0.15, 0.2) is 58.3 Å². The van der Waals surface area contributed by atoms with Crippen molar-refractivity contribution in [3.8, 4) is 11.5 Å². The summed E-state index contributed by atoms with van der Waals surface area (Å²) in [6.45, 7) is 0.933. The molecule has 0 bridgehead atoms. The second-order valence-corrected chi connectivity index (χ2v) is 16.2. The van der Waals surface area contributed by atoms with Crippen molar-refractivity contribution >= 4 is 31.9 Å². The van der Waals surface area contributed by atoms with Crippen LogP contribution in [0.25, 0.3) is 0 Å². The molecule has 2 aliphatic rings. The molecule has 16 nitrogen and oxygen atoms in total. The molecule has 4 N–H and O–H groups in total. The number of piperidine rings is 1. The molecule has 2 aromatic carbocycles. The lowest BCUT2D eigenvalue weighted by Gasteiger charge is -2.31. The van der Waals surface area contributed by atoms with Crippen molar-refractivity contribution in [2.75, 3.05) is 78.9 Å². The number of hydrogen-bond acceptors (Lipinski definition) is 12. The van der Waals surface area contributed by atoms with Crippen molar-refractivity contribution in [2.24, 2.45) is 0 Å². The minimum atomic E-state index is -4.92. The van der Waals surface area contributed by atoms with Gasteiger partial charge >= 0.3 is 24.2 Å². The number of phenolic OH excluding ortho intramolecular Hbond substituents is 2. The van der Waals surface area contributed by atoms with Gasteiger partial charge in [0.1, 0.15) is 11.5 Å². The fourth-order valence-corrected chi connectivity index (χ4v) is 8.21. The third-order valence-corrected chi connectivity index (χ3v) is 12.0. The normalized spacial score (nSPS) is 17.5. The Bertz CT molecular complexity index is 1780. The predicted molar refractivity (Wildman–Crippen MR) is 187 cm³/mol. The molecule has 2 saturated heterocycles. The number of sulfonamides is 2. The van der Waals surface area contributed by atoms with E-state index in [1.54, 1.807) is 10.6 Å². The van der Waals surface area contributed by atoms with Crippen molar-refractivity contribution in [1.82, 2.24) is 19.2 Å². The highest BCUT2D eigenvalue weighted by molar-refractivity contribution is 7.89. The Balaban J connectivity index is 0.000000306. The van der Waals surface area contributed by atoms with E-state index in [1.165, 1.54) is 57.1 Å². The summed E-state index contributed by atoms with van der Waals surface area (Å²) < 4.78 is 146. The molecule has 57 heavy (non-hydrogen) atoms. The Kier molecular flexibility index (Phi) is 18.2. The minimum absolute atomic E-state index is 0.0130. The van der Waals surface area contributed by atoms with Crippen LogP contribution in [0.4, 0.5) is 26.3 Å². The van der Waals surface area contributed by atoms with E-state index >= 15 is 0 Å². The zero-order chi connectivity index (χ0) is 42.3. The fraction of sp³-hybridized carbons (Fsp3) is 0.576. The number of carbonyl (C=O) groups is 2. The standard InChI is InChI=1S/C17H23F3N2O6S.C16H21F3N2O6S/c18-17(19,20)16(24)21-7-10-27-11-12-28-14-5-8-22(9-6-14)29(25,26)15-3-1-13(23)2-4-15;17-16(18,19)15(23)20-6-8-26-9-10-27-13-5-7-21(11-13)28(24,25)14-3-1-12(22)2-4-14/h1-4,14,23H,5-12H2,(H,21,24);1-4,13,22H,5-11H2,(H,20,23)/t;13-/m.0/s1. The first-order valence-corrected chi connectivity index (χ1v) is 20.3. The van der Waals surface area contributed by atoms with Crippen LogP contribution in [0.2, 0.25) is 0 Å². The Morgan fingerprint density at radius 2 is 0.965 bits per heavy atom. The Labute approximate surface area is 325 Å². The van der Waals surface area contributed by atoms with Crippen LogP contribution < -0.4 is 10.6 Å². The molecule has 2 aliphatic heterocycles. The van der Waals surface area contributed by atoms with E-state index in [9.17, 15) is 63.0 Å². The van der Waals surface area contributed by atoms with Gasteiger partial charge in [-0.1, -0.05) is 0 Å². The molecule has 0 radical (unpaired) electrons. The summed E-state index contributed by atoms with van der Waals surface area (Å²) in [6, 6.07) is 10.6. The molecule has 2 aromatic rings. The second kappa shape index (κ2) is 21.8. The molecular formula is C33H44F6N4O12S2. The van der Waals surface area contributed by atoms with E-state index < -0.39 is 44.2 Å². The molecule has 2 fully saturated rings. The van der Waals surface area contributed by atoms with Crippen LogP contribution >= 0.6 is 0 Å². The monoisotopic (exact) mass is 866 g/mol. The number of phenols is 2. The number of rotatable bonds is 18. The van der Waals surface area contributed by atoms with Crippen LogP contribution in [0.3, 0.4) is 0 Å². The summed E-state index contributed by atoms with van der Waals surface area (Å²) in [5.41, 5.74) is 0. The first-order chi connectivity index (χ1) is 26.7. The summed E-state index contributed by atoms with van der Waals surface area (Å²) in [5, 5.41) is 21.9. The Morgan fingerprint density at radius 3 is 1.39 bits per heavy atom. The van der Waals surface area contributed by atoms with Gasteiger partial charge in [-0.3, -0.25) is 9.59 Å². The Hall–Kier alpha value is -3.78. The van der Waals surface area contributed by atoms with Crippen LogP contribution in [-0.2, 0) is 48.6 Å². The molecule has 4 rings (SSSR count). The number of carbonyl (C=O) groups excluding carboxylic acids is 2. The first-order valence-electron chi connectivity index (χ1n) is 17.4. The molecule has 1 atom stereocenters. The van der Waals surface area contributed by atoms with Gasteiger partial charge < -0.3 is 39.8 Å². The number of amides is 2.